The van der Waals surface area contributed by atoms with E-state index in [0.29, 0.717) is 13.1 Å². The summed E-state index contributed by atoms with van der Waals surface area (Å²) < 4.78 is 5.38. The van der Waals surface area contributed by atoms with Gasteiger partial charge in [-0.2, -0.15) is 0 Å². The average molecular weight is 259 g/mol. The highest BCUT2D eigenvalue weighted by Crippen LogP contribution is 2.11. The van der Waals surface area contributed by atoms with E-state index in [4.69, 9.17) is 10.5 Å². The molecule has 1 amide bonds. The lowest BCUT2D eigenvalue weighted by Crippen LogP contribution is -2.46. The molecule has 108 valence electrons. The van der Waals surface area contributed by atoms with Crippen LogP contribution in [0.1, 0.15) is 41.5 Å². The number of ether oxygens (including phenoxy) is 1. The van der Waals surface area contributed by atoms with Gasteiger partial charge in [0.05, 0.1) is 0 Å². The lowest BCUT2D eigenvalue weighted by atomic mass is 10.2. The fraction of sp³-hybridized carbons (Fsp3) is 0.923. The van der Waals surface area contributed by atoms with Crippen molar-refractivity contribution in [2.45, 2.75) is 59.2 Å². The molecule has 0 heterocycles. The van der Waals surface area contributed by atoms with Crippen molar-refractivity contribution >= 4 is 6.09 Å². The van der Waals surface area contributed by atoms with Crippen molar-refractivity contribution in [2.24, 2.45) is 5.73 Å². The molecule has 5 heteroatoms. The van der Waals surface area contributed by atoms with Crippen LogP contribution in [-0.4, -0.2) is 48.3 Å². The van der Waals surface area contributed by atoms with Crippen molar-refractivity contribution in [1.29, 1.82) is 0 Å². The fourth-order valence-electron chi connectivity index (χ4n) is 1.40. The molecule has 18 heavy (non-hydrogen) atoms. The number of amides is 1. The second-order valence-corrected chi connectivity index (χ2v) is 5.86. The predicted molar refractivity (Wildman–Crippen MR) is 74.6 cm³/mol. The maximum absolute atomic E-state index is 12.0. The van der Waals surface area contributed by atoms with Gasteiger partial charge >= 0.3 is 6.09 Å². The third-order valence-electron chi connectivity index (χ3n) is 2.45. The molecule has 1 unspecified atom stereocenters. The van der Waals surface area contributed by atoms with E-state index in [1.165, 1.54) is 0 Å². The van der Waals surface area contributed by atoms with E-state index < -0.39 is 5.60 Å². The second kappa shape index (κ2) is 7.59. The number of rotatable bonds is 6. The van der Waals surface area contributed by atoms with Gasteiger partial charge in [0.15, 0.2) is 0 Å². The topological polar surface area (TPSA) is 67.6 Å². The molecular formula is C13H29N3O2. The Bertz CT molecular complexity index is 249. The monoisotopic (exact) mass is 259 g/mol. The summed E-state index contributed by atoms with van der Waals surface area (Å²) in [6.07, 6.45) is -0.264. The van der Waals surface area contributed by atoms with Crippen LogP contribution < -0.4 is 11.1 Å². The summed E-state index contributed by atoms with van der Waals surface area (Å²) in [5.41, 5.74) is 5.07. The van der Waals surface area contributed by atoms with E-state index in [0.717, 1.165) is 6.54 Å². The van der Waals surface area contributed by atoms with Crippen LogP contribution in [0.4, 0.5) is 4.79 Å². The van der Waals surface area contributed by atoms with Gasteiger partial charge in [-0.1, -0.05) is 0 Å². The van der Waals surface area contributed by atoms with Crippen LogP contribution in [0.3, 0.4) is 0 Å². The van der Waals surface area contributed by atoms with E-state index in [-0.39, 0.29) is 18.2 Å². The average Bonchev–Trinajstić information content (AvgIpc) is 2.20. The van der Waals surface area contributed by atoms with Crippen LogP contribution in [0.15, 0.2) is 0 Å². The molecule has 0 aliphatic carbocycles. The number of carbonyl (C=O) groups excluding carboxylic acids is 1. The van der Waals surface area contributed by atoms with Crippen molar-refractivity contribution in [3.8, 4) is 0 Å². The summed E-state index contributed by atoms with van der Waals surface area (Å²) in [5, 5.41) is 3.26. The molecule has 5 nitrogen and oxygen atoms in total. The number of nitrogens with one attached hydrogen (secondary N) is 1. The summed E-state index contributed by atoms with van der Waals surface area (Å²) in [6.45, 7) is 13.5. The van der Waals surface area contributed by atoms with Crippen LogP contribution >= 0.6 is 0 Å². The quantitative estimate of drug-likeness (QED) is 0.760. The zero-order valence-corrected chi connectivity index (χ0v) is 12.6. The largest absolute Gasteiger partial charge is 0.444 e. The molecule has 0 radical (unpaired) electrons. The molecule has 0 aliphatic heterocycles. The number of carbonyl (C=O) groups is 1. The van der Waals surface area contributed by atoms with Crippen LogP contribution in [0.25, 0.3) is 0 Å². The molecule has 0 rings (SSSR count). The normalized spacial score (nSPS) is 13.6. The van der Waals surface area contributed by atoms with Gasteiger partial charge in [-0.05, 0) is 41.5 Å². The van der Waals surface area contributed by atoms with Gasteiger partial charge in [0.2, 0.25) is 0 Å². The molecular weight excluding hydrogens is 230 g/mol. The van der Waals surface area contributed by atoms with E-state index in [2.05, 4.69) is 5.32 Å². The minimum Gasteiger partial charge on any atom is -0.444 e. The molecule has 0 aliphatic rings. The molecule has 0 fully saturated rings. The van der Waals surface area contributed by atoms with Crippen molar-refractivity contribution in [2.75, 3.05) is 19.6 Å². The van der Waals surface area contributed by atoms with Crippen LogP contribution in [-0.2, 0) is 4.74 Å². The highest BCUT2D eigenvalue weighted by molar-refractivity contribution is 5.68. The zero-order valence-electron chi connectivity index (χ0n) is 12.6. The van der Waals surface area contributed by atoms with Gasteiger partial charge < -0.3 is 20.7 Å². The lowest BCUT2D eigenvalue weighted by molar-refractivity contribution is 0.0192. The molecule has 0 saturated heterocycles. The Labute approximate surface area is 111 Å². The maximum Gasteiger partial charge on any atom is 0.410 e. The van der Waals surface area contributed by atoms with Gasteiger partial charge in [0.1, 0.15) is 5.60 Å². The Morgan fingerprint density at radius 3 is 2.28 bits per heavy atom. The van der Waals surface area contributed by atoms with Gasteiger partial charge in [-0.15, -0.1) is 0 Å². The SMILES string of the molecule is CC(CN)NCCN(C(=O)OC(C)(C)C)C(C)C. The predicted octanol–water partition coefficient (Wildman–Crippen LogP) is 1.57. The Kier molecular flexibility index (Phi) is 7.25. The van der Waals surface area contributed by atoms with Crippen molar-refractivity contribution in [3.63, 3.8) is 0 Å². The highest BCUT2D eigenvalue weighted by Gasteiger charge is 2.23. The zero-order chi connectivity index (χ0) is 14.3. The first-order chi connectivity index (χ1) is 8.17. The Morgan fingerprint density at radius 2 is 1.89 bits per heavy atom. The third kappa shape index (κ3) is 7.50. The van der Waals surface area contributed by atoms with E-state index in [1.807, 2.05) is 41.5 Å². The molecule has 3 N–H and O–H groups in total. The second-order valence-electron chi connectivity index (χ2n) is 5.86. The lowest BCUT2D eigenvalue weighted by Gasteiger charge is -2.30. The number of hydrogen-bond donors (Lipinski definition) is 2. The molecule has 0 spiro atoms. The highest BCUT2D eigenvalue weighted by atomic mass is 16.6. The minimum atomic E-state index is -0.456. The van der Waals surface area contributed by atoms with Gasteiger partial charge in [0, 0.05) is 31.7 Å². The first-order valence-corrected chi connectivity index (χ1v) is 6.60. The summed E-state index contributed by atoms with van der Waals surface area (Å²) in [7, 11) is 0. The number of hydrogen-bond acceptors (Lipinski definition) is 4. The van der Waals surface area contributed by atoms with E-state index in [9.17, 15) is 4.79 Å². The molecule has 0 saturated carbocycles. The third-order valence-corrected chi connectivity index (χ3v) is 2.45. The standard InChI is InChI=1S/C13H29N3O2/c1-10(2)16(8-7-15-11(3)9-14)12(17)18-13(4,5)6/h10-11,15H,7-9,14H2,1-6H3. The fourth-order valence-corrected chi connectivity index (χ4v) is 1.40. The molecule has 0 aromatic heterocycles. The molecule has 1 atom stereocenters. The summed E-state index contributed by atoms with van der Waals surface area (Å²) >= 11 is 0. The van der Waals surface area contributed by atoms with Crippen molar-refractivity contribution in [1.82, 2.24) is 10.2 Å². The minimum absolute atomic E-state index is 0.120. The van der Waals surface area contributed by atoms with Gasteiger partial charge in [-0.25, -0.2) is 4.79 Å². The Morgan fingerprint density at radius 1 is 1.33 bits per heavy atom. The van der Waals surface area contributed by atoms with Crippen LogP contribution in [0, 0.1) is 0 Å². The van der Waals surface area contributed by atoms with Crippen LogP contribution in [0.5, 0.6) is 0 Å². The maximum atomic E-state index is 12.0. The number of nitrogens with zero attached hydrogens (tertiary/aromatic N) is 1. The molecule has 0 bridgehead atoms. The summed E-state index contributed by atoms with van der Waals surface area (Å²) in [5.74, 6) is 0. The number of nitrogens with two attached hydrogens (primary N) is 1. The molecule has 0 aromatic carbocycles. The summed E-state index contributed by atoms with van der Waals surface area (Å²) in [6, 6.07) is 0.382. The Balaban J connectivity index is 4.27. The first kappa shape index (κ1) is 17.2. The smallest absolute Gasteiger partial charge is 0.410 e. The molecule has 0 aromatic rings. The van der Waals surface area contributed by atoms with Crippen LogP contribution in [0.2, 0.25) is 0 Å². The van der Waals surface area contributed by atoms with E-state index in [1.54, 1.807) is 4.90 Å². The van der Waals surface area contributed by atoms with Crippen molar-refractivity contribution < 1.29 is 9.53 Å². The van der Waals surface area contributed by atoms with Gasteiger partial charge in [-0.3, -0.25) is 0 Å². The van der Waals surface area contributed by atoms with Crippen molar-refractivity contribution in [3.05, 3.63) is 0 Å². The first-order valence-electron chi connectivity index (χ1n) is 6.60. The Hall–Kier alpha value is -0.810. The summed E-state index contributed by atoms with van der Waals surface area (Å²) in [4.78, 5) is 13.7. The van der Waals surface area contributed by atoms with Gasteiger partial charge in [0.25, 0.3) is 0 Å². The van der Waals surface area contributed by atoms with E-state index >= 15 is 0 Å².